The van der Waals surface area contributed by atoms with E-state index in [9.17, 15) is 9.59 Å². The molecule has 0 aliphatic carbocycles. The first-order chi connectivity index (χ1) is 19.0. The van der Waals surface area contributed by atoms with E-state index in [0.717, 1.165) is 10.0 Å². The molecule has 7 nitrogen and oxygen atoms in total. The van der Waals surface area contributed by atoms with Crippen LogP contribution in [0.5, 0.6) is 11.5 Å². The van der Waals surface area contributed by atoms with Crippen molar-refractivity contribution in [3.63, 3.8) is 0 Å². The van der Waals surface area contributed by atoms with Gasteiger partial charge in [-0.25, -0.2) is 5.43 Å². The molecule has 0 heterocycles. The lowest BCUT2D eigenvalue weighted by atomic mass is 10.0. The van der Waals surface area contributed by atoms with Gasteiger partial charge in [0.1, 0.15) is 24.1 Å². The molecule has 0 bridgehead atoms. The summed E-state index contributed by atoms with van der Waals surface area (Å²) in [6.45, 7) is 5.74. The van der Waals surface area contributed by atoms with E-state index in [4.69, 9.17) is 44.3 Å². The largest absolute Gasteiger partial charge is 0.488 e. The number of carbonyl (C=O) groups excluding carboxylic acids is 2. The van der Waals surface area contributed by atoms with E-state index in [1.807, 2.05) is 44.2 Å². The normalized spacial score (nSPS) is 12.7. The molecular formula is C29H29BrCl3N3O4. The summed E-state index contributed by atoms with van der Waals surface area (Å²) in [7, 11) is 0. The van der Waals surface area contributed by atoms with Crippen molar-refractivity contribution >= 4 is 68.8 Å². The summed E-state index contributed by atoms with van der Waals surface area (Å²) in [6.07, 6.45) is 0.960. The summed E-state index contributed by atoms with van der Waals surface area (Å²) >= 11 is 21.8. The number of benzene rings is 3. The molecule has 0 radical (unpaired) electrons. The van der Waals surface area contributed by atoms with Crippen LogP contribution in [0.15, 0.2) is 70.2 Å². The van der Waals surface area contributed by atoms with Crippen LogP contribution in [0, 0.1) is 5.92 Å². The van der Waals surface area contributed by atoms with Crippen LogP contribution in [-0.2, 0) is 16.2 Å². The molecule has 3 rings (SSSR count). The van der Waals surface area contributed by atoms with Crippen molar-refractivity contribution in [2.75, 3.05) is 0 Å². The number of ether oxygens (including phenoxy) is 2. The number of hydrogen-bond donors (Lipinski definition) is 2. The second-order valence-corrected chi connectivity index (χ2v) is 11.5. The quantitative estimate of drug-likeness (QED) is 0.155. The smallest absolute Gasteiger partial charge is 0.262 e. The van der Waals surface area contributed by atoms with Gasteiger partial charge in [-0.2, -0.15) is 5.10 Å². The molecule has 0 aromatic heterocycles. The van der Waals surface area contributed by atoms with Gasteiger partial charge in [0.15, 0.2) is 6.10 Å². The van der Waals surface area contributed by atoms with Gasteiger partial charge < -0.3 is 14.8 Å². The minimum Gasteiger partial charge on any atom is -0.488 e. The SMILES string of the molecule is CC(C)C[C@H](NC(=O)[C@H](C)Oc1ccc(Cl)cc1Cl)C(=O)N/N=C\c1cc(Br)ccc1OCc1ccccc1Cl. The van der Waals surface area contributed by atoms with Crippen molar-refractivity contribution in [3.05, 3.63) is 91.3 Å². The minimum absolute atomic E-state index is 0.122. The number of amides is 2. The number of hydrazone groups is 1. The molecule has 40 heavy (non-hydrogen) atoms. The third-order valence-corrected chi connectivity index (χ3v) is 6.99. The van der Waals surface area contributed by atoms with E-state index in [0.29, 0.717) is 33.5 Å². The maximum absolute atomic E-state index is 13.0. The molecule has 2 amide bonds. The van der Waals surface area contributed by atoms with Gasteiger partial charge in [0.2, 0.25) is 0 Å². The molecular weight excluding hydrogens is 641 g/mol. The van der Waals surface area contributed by atoms with E-state index in [1.165, 1.54) is 12.3 Å². The summed E-state index contributed by atoms with van der Waals surface area (Å²) in [4.78, 5) is 25.9. The Morgan fingerprint density at radius 2 is 1.68 bits per heavy atom. The average molecular weight is 670 g/mol. The zero-order valence-electron chi connectivity index (χ0n) is 22.1. The average Bonchev–Trinajstić information content (AvgIpc) is 2.89. The first kappa shape index (κ1) is 31.7. The Bertz CT molecular complexity index is 1370. The van der Waals surface area contributed by atoms with Gasteiger partial charge in [0, 0.05) is 25.6 Å². The topological polar surface area (TPSA) is 89.0 Å². The van der Waals surface area contributed by atoms with Gasteiger partial charge in [-0.05, 0) is 61.7 Å². The maximum Gasteiger partial charge on any atom is 0.262 e. The lowest BCUT2D eigenvalue weighted by molar-refractivity contribution is -0.132. The van der Waals surface area contributed by atoms with Gasteiger partial charge >= 0.3 is 0 Å². The molecule has 3 aromatic carbocycles. The van der Waals surface area contributed by atoms with E-state index in [1.54, 1.807) is 31.2 Å². The molecule has 2 atom stereocenters. The molecule has 0 aliphatic heterocycles. The van der Waals surface area contributed by atoms with Gasteiger partial charge in [-0.15, -0.1) is 0 Å². The third kappa shape index (κ3) is 9.70. The number of rotatable bonds is 12. The van der Waals surface area contributed by atoms with Crippen molar-refractivity contribution in [1.82, 2.24) is 10.7 Å². The molecule has 0 unspecified atom stereocenters. The van der Waals surface area contributed by atoms with Crippen LogP contribution in [0.4, 0.5) is 0 Å². The van der Waals surface area contributed by atoms with Gasteiger partial charge in [-0.3, -0.25) is 9.59 Å². The first-order valence-corrected chi connectivity index (χ1v) is 14.4. The fourth-order valence-corrected chi connectivity index (χ4v) is 4.59. The predicted octanol–water partition coefficient (Wildman–Crippen LogP) is 7.44. The highest BCUT2D eigenvalue weighted by Gasteiger charge is 2.25. The monoisotopic (exact) mass is 667 g/mol. The highest BCUT2D eigenvalue weighted by molar-refractivity contribution is 9.10. The van der Waals surface area contributed by atoms with Crippen LogP contribution in [0.25, 0.3) is 0 Å². The number of nitrogens with zero attached hydrogens (tertiary/aromatic N) is 1. The van der Waals surface area contributed by atoms with E-state index in [2.05, 4.69) is 31.8 Å². The Morgan fingerprint density at radius 1 is 0.950 bits per heavy atom. The predicted molar refractivity (Wildman–Crippen MR) is 164 cm³/mol. The number of carbonyl (C=O) groups is 2. The standard InChI is InChI=1S/C29H29BrCl3N3O4/c1-17(2)12-25(35-28(37)18(3)40-27-11-9-22(31)14-24(27)33)29(38)36-34-15-20-13-21(30)8-10-26(20)39-16-19-6-4-5-7-23(19)32/h4-11,13-15,17-18,25H,12,16H2,1-3H3,(H,35,37)(H,36,38)/b34-15-/t18-,25-/m0/s1. The van der Waals surface area contributed by atoms with Gasteiger partial charge in [-0.1, -0.05) is 82.8 Å². The molecule has 2 N–H and O–H groups in total. The Labute approximate surface area is 257 Å². The van der Waals surface area contributed by atoms with Crippen LogP contribution < -0.4 is 20.2 Å². The lowest BCUT2D eigenvalue weighted by Gasteiger charge is -2.22. The molecule has 3 aromatic rings. The molecule has 11 heteroatoms. The zero-order chi connectivity index (χ0) is 29.2. The second kappa shape index (κ2) is 15.3. The zero-order valence-corrected chi connectivity index (χ0v) is 25.9. The van der Waals surface area contributed by atoms with Crippen LogP contribution in [0.3, 0.4) is 0 Å². The van der Waals surface area contributed by atoms with Crippen LogP contribution >= 0.6 is 50.7 Å². The molecule has 0 spiro atoms. The van der Waals surface area contributed by atoms with Crippen molar-refractivity contribution in [3.8, 4) is 11.5 Å². The molecule has 0 saturated heterocycles. The van der Waals surface area contributed by atoms with E-state index < -0.39 is 24.0 Å². The molecule has 212 valence electrons. The van der Waals surface area contributed by atoms with Gasteiger partial charge in [0.25, 0.3) is 11.8 Å². The number of halogens is 4. The third-order valence-electron chi connectivity index (χ3n) is 5.60. The summed E-state index contributed by atoms with van der Waals surface area (Å²) in [5.74, 6) is 0.0446. The van der Waals surface area contributed by atoms with E-state index >= 15 is 0 Å². The number of hydrogen-bond acceptors (Lipinski definition) is 5. The number of nitrogens with one attached hydrogen (secondary N) is 2. The van der Waals surface area contributed by atoms with Crippen molar-refractivity contribution in [2.24, 2.45) is 11.0 Å². The Hall–Kier alpha value is -2.78. The Kier molecular flexibility index (Phi) is 12.1. The van der Waals surface area contributed by atoms with Crippen molar-refractivity contribution < 1.29 is 19.1 Å². The van der Waals surface area contributed by atoms with Crippen LogP contribution in [-0.4, -0.2) is 30.2 Å². The Morgan fingerprint density at radius 3 is 2.38 bits per heavy atom. The summed E-state index contributed by atoms with van der Waals surface area (Å²) < 4.78 is 12.5. The van der Waals surface area contributed by atoms with Crippen LogP contribution in [0.2, 0.25) is 15.1 Å². The van der Waals surface area contributed by atoms with Crippen molar-refractivity contribution in [2.45, 2.75) is 45.9 Å². The fourth-order valence-electron chi connectivity index (χ4n) is 3.57. The highest BCUT2D eigenvalue weighted by Crippen LogP contribution is 2.28. The second-order valence-electron chi connectivity index (χ2n) is 9.32. The minimum atomic E-state index is -0.913. The van der Waals surface area contributed by atoms with E-state index in [-0.39, 0.29) is 17.5 Å². The fraction of sp³-hybridized carbons (Fsp3) is 0.276. The maximum atomic E-state index is 13.0. The van der Waals surface area contributed by atoms with Crippen molar-refractivity contribution in [1.29, 1.82) is 0 Å². The lowest BCUT2D eigenvalue weighted by Crippen LogP contribution is -2.49. The van der Waals surface area contributed by atoms with Gasteiger partial charge in [0.05, 0.1) is 11.2 Å². The summed E-state index contributed by atoms with van der Waals surface area (Å²) in [5, 5.41) is 8.20. The summed E-state index contributed by atoms with van der Waals surface area (Å²) in [6, 6.07) is 16.7. The highest BCUT2D eigenvalue weighted by atomic mass is 79.9. The summed E-state index contributed by atoms with van der Waals surface area (Å²) in [5.41, 5.74) is 4.00. The molecule has 0 saturated carbocycles. The Balaban J connectivity index is 1.65. The first-order valence-electron chi connectivity index (χ1n) is 12.4. The van der Waals surface area contributed by atoms with Crippen LogP contribution in [0.1, 0.15) is 38.3 Å². The molecule has 0 fully saturated rings. The molecule has 0 aliphatic rings.